The van der Waals surface area contributed by atoms with Crippen LogP contribution in [0.15, 0.2) is 27.1 Å². The SMILES string of the molecule is CC(C)(C)NCCc1nnc(-c2ccc(F)c(Br)c2)o1. The highest BCUT2D eigenvalue weighted by Gasteiger charge is 2.12. The summed E-state index contributed by atoms with van der Waals surface area (Å²) in [5.41, 5.74) is 0.755. The summed E-state index contributed by atoms with van der Waals surface area (Å²) >= 11 is 3.14. The molecule has 0 aliphatic carbocycles. The minimum atomic E-state index is -0.317. The fourth-order valence-electron chi connectivity index (χ4n) is 1.64. The fraction of sp³-hybridized carbons (Fsp3) is 0.429. The molecule has 0 aliphatic heterocycles. The van der Waals surface area contributed by atoms with Crippen LogP contribution in [0.5, 0.6) is 0 Å². The van der Waals surface area contributed by atoms with Crippen molar-refractivity contribution in [3.63, 3.8) is 0 Å². The minimum Gasteiger partial charge on any atom is -0.421 e. The largest absolute Gasteiger partial charge is 0.421 e. The average Bonchev–Trinajstić information content (AvgIpc) is 2.80. The molecular formula is C14H17BrFN3O. The molecule has 2 aromatic rings. The summed E-state index contributed by atoms with van der Waals surface area (Å²) in [7, 11) is 0. The van der Waals surface area contributed by atoms with Crippen LogP contribution in [0.4, 0.5) is 4.39 Å². The zero-order valence-corrected chi connectivity index (χ0v) is 13.3. The summed E-state index contributed by atoms with van der Waals surface area (Å²) in [6, 6.07) is 4.61. The van der Waals surface area contributed by atoms with Crippen molar-refractivity contribution in [1.82, 2.24) is 15.5 Å². The third-order valence-corrected chi connectivity index (χ3v) is 3.24. The van der Waals surface area contributed by atoms with Crippen LogP contribution in [0.25, 0.3) is 11.5 Å². The molecule has 2 rings (SSSR count). The van der Waals surface area contributed by atoms with Crippen molar-refractivity contribution in [2.75, 3.05) is 6.54 Å². The Balaban J connectivity index is 2.03. The second-order valence-corrected chi connectivity index (χ2v) is 6.41. The quantitative estimate of drug-likeness (QED) is 0.923. The first-order valence-electron chi connectivity index (χ1n) is 6.38. The van der Waals surface area contributed by atoms with Gasteiger partial charge in [0.25, 0.3) is 0 Å². The van der Waals surface area contributed by atoms with Gasteiger partial charge in [0.15, 0.2) is 0 Å². The van der Waals surface area contributed by atoms with Gasteiger partial charge in [0.05, 0.1) is 4.47 Å². The number of hydrogen-bond acceptors (Lipinski definition) is 4. The average molecular weight is 342 g/mol. The predicted octanol–water partition coefficient (Wildman–Crippen LogP) is 3.57. The molecule has 0 atom stereocenters. The Kier molecular flexibility index (Phi) is 4.55. The molecule has 0 fully saturated rings. The van der Waals surface area contributed by atoms with Gasteiger partial charge in [0, 0.05) is 24.1 Å². The second-order valence-electron chi connectivity index (χ2n) is 5.56. The number of benzene rings is 1. The summed E-state index contributed by atoms with van der Waals surface area (Å²) < 4.78 is 19.1. The lowest BCUT2D eigenvalue weighted by Crippen LogP contribution is -2.37. The van der Waals surface area contributed by atoms with E-state index in [9.17, 15) is 4.39 Å². The first-order chi connectivity index (χ1) is 9.35. The van der Waals surface area contributed by atoms with Crippen LogP contribution >= 0.6 is 15.9 Å². The van der Waals surface area contributed by atoms with Crippen molar-refractivity contribution in [3.8, 4) is 11.5 Å². The van der Waals surface area contributed by atoms with Crippen molar-refractivity contribution in [3.05, 3.63) is 34.4 Å². The minimum absolute atomic E-state index is 0.0602. The maximum Gasteiger partial charge on any atom is 0.247 e. The zero-order chi connectivity index (χ0) is 14.8. The van der Waals surface area contributed by atoms with Crippen LogP contribution < -0.4 is 5.32 Å². The molecule has 4 nitrogen and oxygen atoms in total. The van der Waals surface area contributed by atoms with Crippen LogP contribution in [0.1, 0.15) is 26.7 Å². The third-order valence-electron chi connectivity index (χ3n) is 2.63. The van der Waals surface area contributed by atoms with E-state index in [1.165, 1.54) is 6.07 Å². The van der Waals surface area contributed by atoms with Gasteiger partial charge in [-0.25, -0.2) is 4.39 Å². The Bertz CT molecular complexity index is 592. The number of hydrogen-bond donors (Lipinski definition) is 1. The highest BCUT2D eigenvalue weighted by molar-refractivity contribution is 9.10. The highest BCUT2D eigenvalue weighted by atomic mass is 79.9. The summed E-state index contributed by atoms with van der Waals surface area (Å²) in [5.74, 6) is 0.650. The third kappa shape index (κ3) is 4.11. The van der Waals surface area contributed by atoms with Gasteiger partial charge in [-0.3, -0.25) is 0 Å². The van der Waals surface area contributed by atoms with Crippen LogP contribution in [0.3, 0.4) is 0 Å². The molecule has 1 N–H and O–H groups in total. The number of halogens is 2. The lowest BCUT2D eigenvalue weighted by Gasteiger charge is -2.19. The van der Waals surface area contributed by atoms with Crippen LogP contribution in [0, 0.1) is 5.82 Å². The molecule has 108 valence electrons. The summed E-state index contributed by atoms with van der Waals surface area (Å²) in [5, 5.41) is 11.3. The fourth-order valence-corrected chi connectivity index (χ4v) is 2.02. The molecule has 0 unspecified atom stereocenters. The number of rotatable bonds is 4. The highest BCUT2D eigenvalue weighted by Crippen LogP contribution is 2.24. The van der Waals surface area contributed by atoms with Crippen LogP contribution in [-0.4, -0.2) is 22.3 Å². The van der Waals surface area contributed by atoms with Crippen molar-refractivity contribution >= 4 is 15.9 Å². The normalized spacial score (nSPS) is 11.8. The van der Waals surface area contributed by atoms with Gasteiger partial charge < -0.3 is 9.73 Å². The molecule has 0 amide bonds. The van der Waals surface area contributed by atoms with Crippen LogP contribution in [-0.2, 0) is 6.42 Å². The van der Waals surface area contributed by atoms with E-state index in [0.29, 0.717) is 28.2 Å². The zero-order valence-electron chi connectivity index (χ0n) is 11.7. The Labute approximate surface area is 125 Å². The summed E-state index contributed by atoms with van der Waals surface area (Å²) in [6.07, 6.45) is 0.659. The Hall–Kier alpha value is -1.27. The summed E-state index contributed by atoms with van der Waals surface area (Å²) in [6.45, 7) is 7.06. The van der Waals surface area contributed by atoms with E-state index in [-0.39, 0.29) is 11.4 Å². The van der Waals surface area contributed by atoms with Gasteiger partial charge in [0.2, 0.25) is 11.8 Å². The van der Waals surface area contributed by atoms with E-state index in [4.69, 9.17) is 4.42 Å². The lowest BCUT2D eigenvalue weighted by atomic mass is 10.1. The Morgan fingerprint density at radius 1 is 1.30 bits per heavy atom. The molecule has 0 saturated carbocycles. The first-order valence-corrected chi connectivity index (χ1v) is 7.17. The van der Waals surface area contributed by atoms with E-state index in [2.05, 4.69) is 52.2 Å². The molecule has 0 spiro atoms. The van der Waals surface area contributed by atoms with Crippen LogP contribution in [0.2, 0.25) is 0 Å². The number of aromatic nitrogens is 2. The maximum atomic E-state index is 13.2. The van der Waals surface area contributed by atoms with E-state index in [1.807, 2.05) is 0 Å². The second kappa shape index (κ2) is 6.01. The van der Waals surface area contributed by atoms with Gasteiger partial charge in [-0.2, -0.15) is 0 Å². The molecule has 0 aliphatic rings. The molecule has 1 heterocycles. The molecule has 6 heteroatoms. The van der Waals surface area contributed by atoms with Gasteiger partial charge in [-0.05, 0) is 54.9 Å². The Morgan fingerprint density at radius 3 is 2.70 bits per heavy atom. The molecular weight excluding hydrogens is 325 g/mol. The smallest absolute Gasteiger partial charge is 0.247 e. The molecule has 0 radical (unpaired) electrons. The Morgan fingerprint density at radius 2 is 2.05 bits per heavy atom. The molecule has 20 heavy (non-hydrogen) atoms. The van der Waals surface area contributed by atoms with Gasteiger partial charge in [0.1, 0.15) is 5.82 Å². The summed E-state index contributed by atoms with van der Waals surface area (Å²) in [4.78, 5) is 0. The monoisotopic (exact) mass is 341 g/mol. The molecule has 1 aromatic carbocycles. The maximum absolute atomic E-state index is 13.2. The van der Waals surface area contributed by atoms with Crippen molar-refractivity contribution in [2.24, 2.45) is 0 Å². The topological polar surface area (TPSA) is 51.0 Å². The molecule has 1 aromatic heterocycles. The van der Waals surface area contributed by atoms with E-state index in [0.717, 1.165) is 6.54 Å². The van der Waals surface area contributed by atoms with Crippen molar-refractivity contribution < 1.29 is 8.81 Å². The standard InChI is InChI=1S/C14H17BrFN3O/c1-14(2,3)17-7-6-12-18-19-13(20-12)9-4-5-11(16)10(15)8-9/h4-5,8,17H,6-7H2,1-3H3. The molecule has 0 saturated heterocycles. The van der Waals surface area contributed by atoms with E-state index < -0.39 is 0 Å². The van der Waals surface area contributed by atoms with Gasteiger partial charge >= 0.3 is 0 Å². The molecule has 0 bridgehead atoms. The number of nitrogens with one attached hydrogen (secondary N) is 1. The van der Waals surface area contributed by atoms with E-state index in [1.54, 1.807) is 12.1 Å². The number of nitrogens with zero attached hydrogens (tertiary/aromatic N) is 2. The van der Waals surface area contributed by atoms with Crippen molar-refractivity contribution in [2.45, 2.75) is 32.7 Å². The van der Waals surface area contributed by atoms with Gasteiger partial charge in [-0.1, -0.05) is 0 Å². The first kappa shape index (κ1) is 15.1. The van der Waals surface area contributed by atoms with Crippen molar-refractivity contribution in [1.29, 1.82) is 0 Å². The van der Waals surface area contributed by atoms with Gasteiger partial charge in [-0.15, -0.1) is 10.2 Å². The van der Waals surface area contributed by atoms with E-state index >= 15 is 0 Å². The lowest BCUT2D eigenvalue weighted by molar-refractivity contribution is 0.412. The predicted molar refractivity (Wildman–Crippen MR) is 78.9 cm³/mol.